The maximum atomic E-state index is 12.8. The van der Waals surface area contributed by atoms with Crippen LogP contribution in [0.15, 0.2) is 29.2 Å². The molecule has 24 heavy (non-hydrogen) atoms. The fraction of sp³-hybridized carbons (Fsp3) is 0.533. The van der Waals surface area contributed by atoms with Crippen molar-refractivity contribution >= 4 is 21.7 Å². The number of hydrogen-bond donors (Lipinski definition) is 1. The van der Waals surface area contributed by atoms with Crippen LogP contribution in [-0.2, 0) is 14.8 Å². The molecule has 8 nitrogen and oxygen atoms in total. The highest BCUT2D eigenvalue weighted by molar-refractivity contribution is 7.89. The van der Waals surface area contributed by atoms with Crippen LogP contribution in [-0.4, -0.2) is 41.8 Å². The Bertz CT molecular complexity index is 727. The molecule has 132 valence electrons. The highest BCUT2D eigenvalue weighted by Gasteiger charge is 2.40. The van der Waals surface area contributed by atoms with Gasteiger partial charge in [-0.1, -0.05) is 31.4 Å². The van der Waals surface area contributed by atoms with Crippen LogP contribution in [0, 0.1) is 16.0 Å². The van der Waals surface area contributed by atoms with Crippen molar-refractivity contribution in [2.24, 2.45) is 5.92 Å². The van der Waals surface area contributed by atoms with Crippen molar-refractivity contribution < 1.29 is 23.2 Å². The molecule has 1 N–H and O–H groups in total. The Morgan fingerprint density at radius 2 is 1.88 bits per heavy atom. The SMILES string of the molecule is CN([C@H](C(=O)O)C1CCCCC1)S(=O)(=O)c1ccccc1[N+](=O)[O-]. The maximum absolute atomic E-state index is 12.8. The van der Waals surface area contributed by atoms with Gasteiger partial charge in [0.1, 0.15) is 6.04 Å². The summed E-state index contributed by atoms with van der Waals surface area (Å²) in [5, 5.41) is 20.6. The molecule has 0 radical (unpaired) electrons. The molecule has 1 atom stereocenters. The van der Waals surface area contributed by atoms with E-state index in [9.17, 15) is 28.4 Å². The number of rotatable bonds is 6. The fourth-order valence-corrected chi connectivity index (χ4v) is 4.76. The summed E-state index contributed by atoms with van der Waals surface area (Å²) in [6.07, 6.45) is 3.98. The van der Waals surface area contributed by atoms with E-state index in [0.29, 0.717) is 12.8 Å². The predicted octanol–water partition coefficient (Wildman–Crippen LogP) is 2.25. The summed E-state index contributed by atoms with van der Waals surface area (Å²) in [6.45, 7) is 0. The van der Waals surface area contributed by atoms with Gasteiger partial charge in [-0.25, -0.2) is 8.42 Å². The third-order valence-corrected chi connectivity index (χ3v) is 6.35. The summed E-state index contributed by atoms with van der Waals surface area (Å²) in [4.78, 5) is 21.5. The smallest absolute Gasteiger partial charge is 0.322 e. The number of nitrogens with zero attached hydrogens (tertiary/aromatic N) is 2. The Labute approximate surface area is 140 Å². The highest BCUT2D eigenvalue weighted by Crippen LogP contribution is 2.33. The minimum Gasteiger partial charge on any atom is -0.480 e. The monoisotopic (exact) mass is 356 g/mol. The molecule has 1 aliphatic carbocycles. The van der Waals surface area contributed by atoms with Crippen molar-refractivity contribution in [3.8, 4) is 0 Å². The molecule has 1 aliphatic rings. The highest BCUT2D eigenvalue weighted by atomic mass is 32.2. The van der Waals surface area contributed by atoms with Gasteiger partial charge in [0, 0.05) is 13.1 Å². The van der Waals surface area contributed by atoms with Gasteiger partial charge in [-0.05, 0) is 24.8 Å². The van der Waals surface area contributed by atoms with Crippen LogP contribution in [0.25, 0.3) is 0 Å². The topological polar surface area (TPSA) is 118 Å². The molecular formula is C15H20N2O6S. The number of aliphatic carboxylic acids is 1. The van der Waals surface area contributed by atoms with Gasteiger partial charge in [0.25, 0.3) is 5.69 Å². The maximum Gasteiger partial charge on any atom is 0.322 e. The number of sulfonamides is 1. The van der Waals surface area contributed by atoms with E-state index in [4.69, 9.17) is 0 Å². The minimum absolute atomic E-state index is 0.293. The minimum atomic E-state index is -4.30. The number of nitro benzene ring substituents is 1. The zero-order valence-corrected chi connectivity index (χ0v) is 14.1. The summed E-state index contributed by atoms with van der Waals surface area (Å²) in [5.74, 6) is -1.52. The van der Waals surface area contributed by atoms with E-state index in [1.165, 1.54) is 19.2 Å². The Morgan fingerprint density at radius 1 is 1.29 bits per heavy atom. The van der Waals surface area contributed by atoms with Crippen molar-refractivity contribution in [3.63, 3.8) is 0 Å². The number of benzene rings is 1. The van der Waals surface area contributed by atoms with E-state index in [1.54, 1.807) is 0 Å². The average molecular weight is 356 g/mol. The van der Waals surface area contributed by atoms with Crippen molar-refractivity contribution in [3.05, 3.63) is 34.4 Å². The van der Waals surface area contributed by atoms with Gasteiger partial charge in [0.05, 0.1) is 4.92 Å². The summed E-state index contributed by atoms with van der Waals surface area (Å²) in [5.41, 5.74) is -0.558. The van der Waals surface area contributed by atoms with Gasteiger partial charge in [0.15, 0.2) is 4.90 Å². The summed E-state index contributed by atoms with van der Waals surface area (Å²) in [6, 6.07) is 3.74. The van der Waals surface area contributed by atoms with Gasteiger partial charge in [-0.2, -0.15) is 4.31 Å². The van der Waals surface area contributed by atoms with E-state index in [-0.39, 0.29) is 5.92 Å². The summed E-state index contributed by atoms with van der Waals surface area (Å²) >= 11 is 0. The van der Waals surface area contributed by atoms with Gasteiger partial charge < -0.3 is 5.11 Å². The Kier molecular flexibility index (Phi) is 5.55. The first-order chi connectivity index (χ1) is 11.3. The van der Waals surface area contributed by atoms with Crippen LogP contribution in [0.2, 0.25) is 0 Å². The molecule has 1 aromatic carbocycles. The molecule has 0 aliphatic heterocycles. The lowest BCUT2D eigenvalue weighted by molar-refractivity contribution is -0.387. The number of carbonyl (C=O) groups is 1. The van der Waals surface area contributed by atoms with Gasteiger partial charge >= 0.3 is 5.97 Å². The second-order valence-corrected chi connectivity index (χ2v) is 7.89. The molecule has 0 unspecified atom stereocenters. The average Bonchev–Trinajstić information content (AvgIpc) is 2.55. The summed E-state index contributed by atoms with van der Waals surface area (Å²) in [7, 11) is -3.12. The number of carboxylic acid groups (broad SMARTS) is 1. The Hall–Kier alpha value is -2.00. The van der Waals surface area contributed by atoms with Crippen LogP contribution >= 0.6 is 0 Å². The number of para-hydroxylation sites is 1. The quantitative estimate of drug-likeness (QED) is 0.617. The molecule has 9 heteroatoms. The number of nitro groups is 1. The molecule has 1 aromatic rings. The fourth-order valence-electron chi connectivity index (χ4n) is 3.23. The number of likely N-dealkylation sites (N-methyl/N-ethyl adjacent to an activating group) is 1. The van der Waals surface area contributed by atoms with Crippen LogP contribution in [0.3, 0.4) is 0 Å². The third-order valence-electron chi connectivity index (χ3n) is 4.46. The zero-order valence-electron chi connectivity index (χ0n) is 13.3. The van der Waals surface area contributed by atoms with E-state index in [1.807, 2.05) is 0 Å². The van der Waals surface area contributed by atoms with Crippen molar-refractivity contribution in [1.82, 2.24) is 4.31 Å². The molecule has 0 amide bonds. The second-order valence-electron chi connectivity index (χ2n) is 5.93. The summed E-state index contributed by atoms with van der Waals surface area (Å²) < 4.78 is 26.4. The lowest BCUT2D eigenvalue weighted by Crippen LogP contribution is -2.47. The molecule has 2 rings (SSSR count). The second kappa shape index (κ2) is 7.27. The van der Waals surface area contributed by atoms with E-state index >= 15 is 0 Å². The Balaban J connectivity index is 2.43. The normalized spacial score (nSPS) is 17.6. The van der Waals surface area contributed by atoms with E-state index in [2.05, 4.69) is 0 Å². The van der Waals surface area contributed by atoms with Crippen molar-refractivity contribution in [2.45, 2.75) is 43.0 Å². The molecule has 1 saturated carbocycles. The Morgan fingerprint density at radius 3 is 2.42 bits per heavy atom. The molecule has 0 heterocycles. The number of hydrogen-bond acceptors (Lipinski definition) is 5. The largest absolute Gasteiger partial charge is 0.480 e. The molecule has 1 fully saturated rings. The number of carboxylic acids is 1. The van der Waals surface area contributed by atoms with Gasteiger partial charge in [-0.15, -0.1) is 0 Å². The van der Waals surface area contributed by atoms with Crippen LogP contribution in [0.1, 0.15) is 32.1 Å². The van der Waals surface area contributed by atoms with Crippen molar-refractivity contribution in [1.29, 1.82) is 0 Å². The standard InChI is InChI=1S/C15H20N2O6S/c1-16(14(15(18)19)11-7-3-2-4-8-11)24(22,23)13-10-6-5-9-12(13)17(20)21/h5-6,9-11,14H,2-4,7-8H2,1H3,(H,18,19)/t14-/m0/s1. The first-order valence-corrected chi connectivity index (χ1v) is 9.15. The lowest BCUT2D eigenvalue weighted by Gasteiger charge is -2.33. The first-order valence-electron chi connectivity index (χ1n) is 7.71. The molecule has 0 saturated heterocycles. The molecule has 0 aromatic heterocycles. The first kappa shape index (κ1) is 18.3. The van der Waals surface area contributed by atoms with Crippen molar-refractivity contribution in [2.75, 3.05) is 7.05 Å². The van der Waals surface area contributed by atoms with Crippen LogP contribution in [0.4, 0.5) is 5.69 Å². The van der Waals surface area contributed by atoms with Gasteiger partial charge in [0.2, 0.25) is 10.0 Å². The zero-order chi connectivity index (χ0) is 17.9. The van der Waals surface area contributed by atoms with E-state index < -0.39 is 37.5 Å². The van der Waals surface area contributed by atoms with Crippen LogP contribution in [0.5, 0.6) is 0 Å². The van der Waals surface area contributed by atoms with E-state index in [0.717, 1.165) is 35.7 Å². The molecule has 0 spiro atoms. The molecular weight excluding hydrogens is 336 g/mol. The predicted molar refractivity (Wildman–Crippen MR) is 86.0 cm³/mol. The lowest BCUT2D eigenvalue weighted by atomic mass is 9.84. The molecule has 0 bridgehead atoms. The third kappa shape index (κ3) is 3.57. The van der Waals surface area contributed by atoms with Gasteiger partial charge in [-0.3, -0.25) is 14.9 Å². The van der Waals surface area contributed by atoms with Crippen LogP contribution < -0.4 is 0 Å².